The summed E-state index contributed by atoms with van der Waals surface area (Å²) in [7, 11) is 1.87. The second kappa shape index (κ2) is 7.94. The van der Waals surface area contributed by atoms with Crippen molar-refractivity contribution in [3.63, 3.8) is 0 Å². The van der Waals surface area contributed by atoms with E-state index < -0.39 is 0 Å². The predicted octanol–water partition coefficient (Wildman–Crippen LogP) is 3.03. The fourth-order valence-corrected chi connectivity index (χ4v) is 3.04. The smallest absolute Gasteiger partial charge is 0.230 e. The Labute approximate surface area is 149 Å². The van der Waals surface area contributed by atoms with Crippen LogP contribution in [0.1, 0.15) is 5.56 Å². The molecule has 7 heteroatoms. The normalized spacial score (nSPS) is 10.6. The minimum atomic E-state index is -0.283. The van der Waals surface area contributed by atoms with Crippen LogP contribution in [0.4, 0.5) is 4.39 Å². The Kier molecular flexibility index (Phi) is 5.45. The van der Waals surface area contributed by atoms with Gasteiger partial charge in [0.25, 0.3) is 0 Å². The topological polar surface area (TPSA) is 59.8 Å². The molecule has 1 amide bonds. The molecule has 1 N–H and O–H groups in total. The summed E-state index contributed by atoms with van der Waals surface area (Å²) in [6.07, 6.45) is 5.23. The van der Waals surface area contributed by atoms with E-state index in [1.807, 2.05) is 19.2 Å². The second-order valence-electron chi connectivity index (χ2n) is 5.44. The van der Waals surface area contributed by atoms with Crippen LogP contribution in [-0.4, -0.2) is 26.4 Å². The zero-order valence-electron chi connectivity index (χ0n) is 13.6. The van der Waals surface area contributed by atoms with Crippen molar-refractivity contribution in [2.45, 2.75) is 11.4 Å². The zero-order valence-corrected chi connectivity index (χ0v) is 14.5. The van der Waals surface area contributed by atoms with E-state index in [9.17, 15) is 9.18 Å². The van der Waals surface area contributed by atoms with Crippen molar-refractivity contribution >= 4 is 17.7 Å². The van der Waals surface area contributed by atoms with Gasteiger partial charge in [0, 0.05) is 42.6 Å². The van der Waals surface area contributed by atoms with Gasteiger partial charge in [-0.25, -0.2) is 4.39 Å². The number of pyridine rings is 1. The van der Waals surface area contributed by atoms with Gasteiger partial charge in [-0.05, 0) is 42.0 Å². The van der Waals surface area contributed by atoms with Gasteiger partial charge in [0.15, 0.2) is 0 Å². The van der Waals surface area contributed by atoms with Crippen molar-refractivity contribution in [1.29, 1.82) is 0 Å². The Morgan fingerprint density at radius 2 is 2.04 bits per heavy atom. The number of aryl methyl sites for hydroxylation is 1. The Morgan fingerprint density at radius 1 is 1.24 bits per heavy atom. The monoisotopic (exact) mass is 356 g/mol. The van der Waals surface area contributed by atoms with Crippen molar-refractivity contribution in [3.8, 4) is 11.3 Å². The first-order chi connectivity index (χ1) is 12.1. The van der Waals surface area contributed by atoms with Gasteiger partial charge in [-0.2, -0.15) is 5.10 Å². The molecule has 3 aromatic rings. The van der Waals surface area contributed by atoms with Crippen LogP contribution in [0.25, 0.3) is 11.3 Å². The van der Waals surface area contributed by atoms with E-state index in [-0.39, 0.29) is 17.5 Å². The SMILES string of the molecule is Cn1nccc1-c1cncc(CNC(=O)CSc2ccc(F)cc2)c1. The van der Waals surface area contributed by atoms with Gasteiger partial charge < -0.3 is 5.32 Å². The maximum absolute atomic E-state index is 12.9. The van der Waals surface area contributed by atoms with Crippen LogP contribution in [0.15, 0.2) is 59.9 Å². The van der Waals surface area contributed by atoms with Crippen molar-refractivity contribution < 1.29 is 9.18 Å². The largest absolute Gasteiger partial charge is 0.351 e. The first-order valence-electron chi connectivity index (χ1n) is 7.69. The number of nitrogens with zero attached hydrogens (tertiary/aromatic N) is 3. The average Bonchev–Trinajstić information content (AvgIpc) is 3.06. The molecule has 0 unspecified atom stereocenters. The summed E-state index contributed by atoms with van der Waals surface area (Å²) < 4.78 is 14.6. The molecule has 25 heavy (non-hydrogen) atoms. The van der Waals surface area contributed by atoms with Crippen LogP contribution in [0.3, 0.4) is 0 Å². The maximum Gasteiger partial charge on any atom is 0.230 e. The fraction of sp³-hybridized carbons (Fsp3) is 0.167. The molecule has 2 heterocycles. The molecule has 128 valence electrons. The number of rotatable bonds is 6. The van der Waals surface area contributed by atoms with Crippen LogP contribution in [0, 0.1) is 5.82 Å². The summed E-state index contributed by atoms with van der Waals surface area (Å²) in [5, 5.41) is 7.02. The highest BCUT2D eigenvalue weighted by Gasteiger charge is 2.06. The number of hydrogen-bond donors (Lipinski definition) is 1. The van der Waals surface area contributed by atoms with E-state index in [1.54, 1.807) is 35.4 Å². The molecule has 0 radical (unpaired) electrons. The number of thioether (sulfide) groups is 1. The highest BCUT2D eigenvalue weighted by Crippen LogP contribution is 2.19. The van der Waals surface area contributed by atoms with Gasteiger partial charge in [-0.15, -0.1) is 11.8 Å². The first kappa shape index (κ1) is 17.2. The lowest BCUT2D eigenvalue weighted by molar-refractivity contribution is -0.118. The summed E-state index contributed by atoms with van der Waals surface area (Å²) >= 11 is 1.37. The molecular weight excluding hydrogens is 339 g/mol. The zero-order chi connectivity index (χ0) is 17.6. The molecule has 0 saturated carbocycles. The highest BCUT2D eigenvalue weighted by molar-refractivity contribution is 8.00. The summed E-state index contributed by atoms with van der Waals surface area (Å²) in [4.78, 5) is 17.1. The Morgan fingerprint density at radius 3 is 2.76 bits per heavy atom. The molecule has 3 rings (SSSR count). The maximum atomic E-state index is 12.9. The summed E-state index contributed by atoms with van der Waals surface area (Å²) in [6.45, 7) is 0.404. The van der Waals surface area contributed by atoms with E-state index in [1.165, 1.54) is 23.9 Å². The lowest BCUT2D eigenvalue weighted by atomic mass is 10.1. The van der Waals surface area contributed by atoms with Crippen molar-refractivity contribution in [3.05, 3.63) is 66.4 Å². The minimum Gasteiger partial charge on any atom is -0.351 e. The molecule has 0 spiro atoms. The number of aromatic nitrogens is 3. The summed E-state index contributed by atoms with van der Waals surface area (Å²) in [5.74, 6) is -0.0876. The Balaban J connectivity index is 1.54. The van der Waals surface area contributed by atoms with E-state index in [0.717, 1.165) is 21.7 Å². The van der Waals surface area contributed by atoms with Gasteiger partial charge in [-0.3, -0.25) is 14.5 Å². The van der Waals surface area contributed by atoms with Gasteiger partial charge >= 0.3 is 0 Å². The van der Waals surface area contributed by atoms with Crippen LogP contribution in [0.5, 0.6) is 0 Å². The molecular formula is C18H17FN4OS. The van der Waals surface area contributed by atoms with Crippen LogP contribution < -0.4 is 5.32 Å². The molecule has 0 saturated heterocycles. The average molecular weight is 356 g/mol. The number of carbonyl (C=O) groups excluding carboxylic acids is 1. The fourth-order valence-electron chi connectivity index (χ4n) is 2.31. The molecule has 0 aliphatic heterocycles. The minimum absolute atomic E-state index is 0.0831. The quantitative estimate of drug-likeness (QED) is 0.690. The Bertz CT molecular complexity index is 864. The molecule has 0 aliphatic rings. The summed E-state index contributed by atoms with van der Waals surface area (Å²) in [6, 6.07) is 9.99. The van der Waals surface area contributed by atoms with Crippen molar-refractivity contribution in [1.82, 2.24) is 20.1 Å². The second-order valence-corrected chi connectivity index (χ2v) is 6.49. The molecule has 2 aromatic heterocycles. The van der Waals surface area contributed by atoms with Crippen LogP contribution >= 0.6 is 11.8 Å². The molecule has 0 atom stereocenters. The Hall–Kier alpha value is -2.67. The highest BCUT2D eigenvalue weighted by atomic mass is 32.2. The third-order valence-electron chi connectivity index (χ3n) is 3.58. The standard InChI is InChI=1S/C18H17FN4OS/c1-23-17(6-7-22-23)14-8-13(9-20-11-14)10-21-18(24)12-25-16-4-2-15(19)3-5-16/h2-9,11H,10,12H2,1H3,(H,21,24). The molecule has 0 fully saturated rings. The van der Waals surface area contributed by atoms with Gasteiger partial charge in [-0.1, -0.05) is 0 Å². The third-order valence-corrected chi connectivity index (χ3v) is 4.60. The van der Waals surface area contributed by atoms with Gasteiger partial charge in [0.2, 0.25) is 5.91 Å². The van der Waals surface area contributed by atoms with Crippen LogP contribution in [0.2, 0.25) is 0 Å². The van der Waals surface area contributed by atoms with E-state index in [2.05, 4.69) is 15.4 Å². The number of benzene rings is 1. The number of hydrogen-bond acceptors (Lipinski definition) is 4. The number of amides is 1. The third kappa shape index (κ3) is 4.67. The van der Waals surface area contributed by atoms with Crippen molar-refractivity contribution in [2.24, 2.45) is 7.05 Å². The van der Waals surface area contributed by atoms with E-state index in [0.29, 0.717) is 6.54 Å². The van der Waals surface area contributed by atoms with E-state index in [4.69, 9.17) is 0 Å². The van der Waals surface area contributed by atoms with Gasteiger partial charge in [0.05, 0.1) is 11.4 Å². The number of carbonyl (C=O) groups is 1. The summed E-state index contributed by atoms with van der Waals surface area (Å²) in [5.41, 5.74) is 2.83. The molecule has 1 aromatic carbocycles. The predicted molar refractivity (Wildman–Crippen MR) is 95.4 cm³/mol. The number of nitrogens with one attached hydrogen (secondary N) is 1. The van der Waals surface area contributed by atoms with Crippen LogP contribution in [-0.2, 0) is 18.4 Å². The van der Waals surface area contributed by atoms with Crippen molar-refractivity contribution in [2.75, 3.05) is 5.75 Å². The first-order valence-corrected chi connectivity index (χ1v) is 8.68. The lowest BCUT2D eigenvalue weighted by Crippen LogP contribution is -2.24. The van der Waals surface area contributed by atoms with Gasteiger partial charge in [0.1, 0.15) is 5.82 Å². The lowest BCUT2D eigenvalue weighted by Gasteiger charge is -2.07. The molecule has 0 bridgehead atoms. The number of halogens is 1. The molecule has 5 nitrogen and oxygen atoms in total. The van der Waals surface area contributed by atoms with E-state index >= 15 is 0 Å². The molecule has 0 aliphatic carbocycles.